The highest BCUT2D eigenvalue weighted by Crippen LogP contribution is 2.21. The van der Waals surface area contributed by atoms with E-state index in [-0.39, 0.29) is 21.6 Å². The van der Waals surface area contributed by atoms with Gasteiger partial charge in [-0.2, -0.15) is 0 Å². The highest BCUT2D eigenvalue weighted by Gasteiger charge is 2.24. The van der Waals surface area contributed by atoms with Gasteiger partial charge in [-0.05, 0) is 26.0 Å². The van der Waals surface area contributed by atoms with Crippen molar-refractivity contribution in [2.24, 2.45) is 0 Å². The van der Waals surface area contributed by atoms with Gasteiger partial charge >= 0.3 is 0 Å². The molecule has 0 aliphatic rings. The SMILES string of the molecule is Cc1noc(C)c1S(=O)(=O)Nc1cccc(Cl)n1. The molecule has 1 N–H and O–H groups in total. The van der Waals surface area contributed by atoms with Crippen LogP contribution < -0.4 is 4.72 Å². The van der Waals surface area contributed by atoms with Crippen LogP contribution in [0.1, 0.15) is 11.5 Å². The van der Waals surface area contributed by atoms with E-state index in [0.29, 0.717) is 5.69 Å². The molecule has 18 heavy (non-hydrogen) atoms. The van der Waals surface area contributed by atoms with Crippen molar-refractivity contribution in [3.63, 3.8) is 0 Å². The molecule has 0 fully saturated rings. The van der Waals surface area contributed by atoms with Crippen molar-refractivity contribution in [2.75, 3.05) is 4.72 Å². The Labute approximate surface area is 109 Å². The topological polar surface area (TPSA) is 85.1 Å². The third kappa shape index (κ3) is 2.46. The van der Waals surface area contributed by atoms with Crippen molar-refractivity contribution in [1.29, 1.82) is 0 Å². The molecule has 0 aliphatic heterocycles. The Balaban J connectivity index is 2.39. The number of nitrogens with one attached hydrogen (secondary N) is 1. The molecule has 2 heterocycles. The standard InChI is InChI=1S/C10H10ClN3O3S/c1-6-10(7(2)17-13-6)18(15,16)14-9-5-3-4-8(11)12-9/h3-5H,1-2H3,(H,12,14). The normalized spacial score (nSPS) is 11.5. The monoisotopic (exact) mass is 287 g/mol. The Kier molecular flexibility index (Phi) is 3.27. The Morgan fingerprint density at radius 2 is 2.06 bits per heavy atom. The number of hydrogen-bond donors (Lipinski definition) is 1. The Bertz CT molecular complexity index is 662. The lowest BCUT2D eigenvalue weighted by molar-refractivity contribution is 0.390. The molecule has 0 aliphatic carbocycles. The molecule has 0 radical (unpaired) electrons. The maximum atomic E-state index is 12.1. The minimum Gasteiger partial charge on any atom is -0.360 e. The van der Waals surface area contributed by atoms with E-state index in [9.17, 15) is 8.42 Å². The van der Waals surface area contributed by atoms with Crippen LogP contribution in [-0.2, 0) is 10.0 Å². The van der Waals surface area contributed by atoms with E-state index in [2.05, 4.69) is 14.9 Å². The number of halogens is 1. The molecule has 0 saturated heterocycles. The third-order valence-corrected chi connectivity index (χ3v) is 4.00. The second kappa shape index (κ2) is 4.58. The van der Waals surface area contributed by atoms with Gasteiger partial charge in [0.05, 0.1) is 0 Å². The molecule has 0 bridgehead atoms. The fourth-order valence-corrected chi connectivity index (χ4v) is 3.01. The van der Waals surface area contributed by atoms with Gasteiger partial charge in [0.2, 0.25) is 0 Å². The summed E-state index contributed by atoms with van der Waals surface area (Å²) >= 11 is 5.68. The summed E-state index contributed by atoms with van der Waals surface area (Å²) in [6.45, 7) is 3.08. The minimum atomic E-state index is -3.78. The Morgan fingerprint density at radius 1 is 1.33 bits per heavy atom. The van der Waals surface area contributed by atoms with Crippen molar-refractivity contribution in [3.8, 4) is 0 Å². The number of aryl methyl sites for hydroxylation is 2. The average molecular weight is 288 g/mol. The van der Waals surface area contributed by atoms with Crippen LogP contribution in [0.4, 0.5) is 5.82 Å². The summed E-state index contributed by atoms with van der Waals surface area (Å²) < 4.78 is 31.4. The van der Waals surface area contributed by atoms with Crippen molar-refractivity contribution >= 4 is 27.4 Å². The number of pyridine rings is 1. The van der Waals surface area contributed by atoms with E-state index in [1.54, 1.807) is 19.1 Å². The third-order valence-electron chi connectivity index (χ3n) is 2.19. The van der Waals surface area contributed by atoms with Crippen molar-refractivity contribution in [1.82, 2.24) is 10.1 Å². The van der Waals surface area contributed by atoms with E-state index < -0.39 is 10.0 Å². The lowest BCUT2D eigenvalue weighted by atomic mass is 10.4. The number of hydrogen-bond acceptors (Lipinski definition) is 5. The summed E-state index contributed by atoms with van der Waals surface area (Å²) in [4.78, 5) is 3.87. The van der Waals surface area contributed by atoms with E-state index >= 15 is 0 Å². The van der Waals surface area contributed by atoms with Crippen LogP contribution in [0.25, 0.3) is 0 Å². The van der Waals surface area contributed by atoms with Gasteiger partial charge in [-0.25, -0.2) is 13.4 Å². The first-order chi connectivity index (χ1) is 8.40. The first-order valence-corrected chi connectivity index (χ1v) is 6.84. The van der Waals surface area contributed by atoms with Crippen LogP contribution in [0.2, 0.25) is 5.15 Å². The number of rotatable bonds is 3. The predicted molar refractivity (Wildman–Crippen MR) is 66.0 cm³/mol. The first-order valence-electron chi connectivity index (χ1n) is 4.98. The molecule has 2 aromatic heterocycles. The van der Waals surface area contributed by atoms with Gasteiger partial charge in [0.15, 0.2) is 10.7 Å². The van der Waals surface area contributed by atoms with E-state index in [4.69, 9.17) is 16.1 Å². The number of nitrogens with zero attached hydrogens (tertiary/aromatic N) is 2. The molecule has 96 valence electrons. The fourth-order valence-electron chi connectivity index (χ4n) is 1.51. The van der Waals surface area contributed by atoms with Crippen LogP contribution >= 0.6 is 11.6 Å². The Morgan fingerprint density at radius 3 is 2.61 bits per heavy atom. The Hall–Kier alpha value is -1.60. The summed E-state index contributed by atoms with van der Waals surface area (Å²) in [5.41, 5.74) is 0.294. The zero-order valence-electron chi connectivity index (χ0n) is 9.64. The van der Waals surface area contributed by atoms with Crippen molar-refractivity contribution < 1.29 is 12.9 Å². The predicted octanol–water partition coefficient (Wildman–Crippen LogP) is 2.14. The van der Waals surface area contributed by atoms with Gasteiger partial charge in [-0.1, -0.05) is 22.8 Å². The molecule has 0 atom stereocenters. The summed E-state index contributed by atoms with van der Waals surface area (Å²) in [7, 11) is -3.78. The zero-order valence-corrected chi connectivity index (χ0v) is 11.2. The van der Waals surface area contributed by atoms with Crippen LogP contribution in [0, 0.1) is 13.8 Å². The molecule has 0 spiro atoms. The van der Waals surface area contributed by atoms with Crippen LogP contribution in [0.3, 0.4) is 0 Å². The molecule has 2 aromatic rings. The number of sulfonamides is 1. The molecule has 0 amide bonds. The smallest absolute Gasteiger partial charge is 0.268 e. The van der Waals surface area contributed by atoms with E-state index in [0.717, 1.165) is 0 Å². The maximum absolute atomic E-state index is 12.1. The van der Waals surface area contributed by atoms with Crippen LogP contribution in [0.5, 0.6) is 0 Å². The maximum Gasteiger partial charge on any atom is 0.268 e. The molecule has 8 heteroatoms. The minimum absolute atomic E-state index is 0.0178. The van der Waals surface area contributed by atoms with E-state index in [1.165, 1.54) is 13.0 Å². The van der Waals surface area contributed by atoms with Gasteiger partial charge in [0.1, 0.15) is 16.7 Å². The highest BCUT2D eigenvalue weighted by molar-refractivity contribution is 7.92. The molecule has 6 nitrogen and oxygen atoms in total. The van der Waals surface area contributed by atoms with Crippen LogP contribution in [0.15, 0.2) is 27.6 Å². The molecular weight excluding hydrogens is 278 g/mol. The number of anilines is 1. The summed E-state index contributed by atoms with van der Waals surface area (Å²) in [6.07, 6.45) is 0. The first kappa shape index (κ1) is 12.8. The molecule has 0 unspecified atom stereocenters. The number of aromatic nitrogens is 2. The quantitative estimate of drug-likeness (QED) is 0.874. The van der Waals surface area contributed by atoms with Gasteiger partial charge < -0.3 is 4.52 Å². The van der Waals surface area contributed by atoms with Gasteiger partial charge in [-0.3, -0.25) is 4.72 Å². The summed E-state index contributed by atoms with van der Waals surface area (Å²) in [5, 5.41) is 3.80. The van der Waals surface area contributed by atoms with Gasteiger partial charge in [-0.15, -0.1) is 0 Å². The second-order valence-electron chi connectivity index (χ2n) is 3.60. The largest absolute Gasteiger partial charge is 0.360 e. The van der Waals surface area contributed by atoms with Gasteiger partial charge in [0, 0.05) is 0 Å². The van der Waals surface area contributed by atoms with Crippen LogP contribution in [-0.4, -0.2) is 18.6 Å². The second-order valence-corrected chi connectivity index (χ2v) is 5.61. The van der Waals surface area contributed by atoms with E-state index in [1.807, 2.05) is 0 Å². The summed E-state index contributed by atoms with van der Waals surface area (Å²) in [5.74, 6) is 0.365. The zero-order chi connectivity index (χ0) is 13.3. The molecular formula is C10H10ClN3O3S. The lowest BCUT2D eigenvalue weighted by Crippen LogP contribution is -2.15. The molecule has 0 aromatic carbocycles. The van der Waals surface area contributed by atoms with Crippen molar-refractivity contribution in [2.45, 2.75) is 18.7 Å². The summed E-state index contributed by atoms with van der Waals surface area (Å²) in [6, 6.07) is 4.65. The molecule has 0 saturated carbocycles. The average Bonchev–Trinajstić information content (AvgIpc) is 2.58. The lowest BCUT2D eigenvalue weighted by Gasteiger charge is -2.06. The molecule has 2 rings (SSSR count). The van der Waals surface area contributed by atoms with Crippen molar-refractivity contribution in [3.05, 3.63) is 34.8 Å². The fraction of sp³-hybridized carbons (Fsp3) is 0.200. The highest BCUT2D eigenvalue weighted by atomic mass is 35.5. The van der Waals surface area contributed by atoms with Gasteiger partial charge in [0.25, 0.3) is 10.0 Å².